The molecule has 1 aromatic heterocycles. The molecule has 11 aromatic rings. The van der Waals surface area contributed by atoms with E-state index in [9.17, 15) is 0 Å². The molecule has 2 heteroatoms. The molecule has 1 heterocycles. The topological polar surface area (TPSA) is 8.17 Å². The van der Waals surface area contributed by atoms with Crippen LogP contribution in [-0.4, -0.2) is 4.57 Å². The van der Waals surface area contributed by atoms with Crippen LogP contribution in [-0.2, 0) is 5.41 Å². The normalized spacial score (nSPS) is 12.6. The van der Waals surface area contributed by atoms with Crippen LogP contribution in [0.2, 0.25) is 0 Å². The molecule has 0 radical (unpaired) electrons. The van der Waals surface area contributed by atoms with E-state index in [-0.39, 0.29) is 5.41 Å². The van der Waals surface area contributed by atoms with Crippen molar-refractivity contribution in [3.05, 3.63) is 254 Å². The third-order valence-corrected chi connectivity index (χ3v) is 13.6. The van der Waals surface area contributed by atoms with Crippen LogP contribution in [0.25, 0.3) is 83.1 Å². The highest BCUT2D eigenvalue weighted by molar-refractivity contribution is 6.10. The smallest absolute Gasteiger partial charge is 0.0546 e. The van der Waals surface area contributed by atoms with E-state index in [0.717, 1.165) is 22.6 Å². The lowest BCUT2D eigenvalue weighted by atomic mass is 9.81. The van der Waals surface area contributed by atoms with Gasteiger partial charge in [0.15, 0.2) is 0 Å². The molecule has 2 nitrogen and oxygen atoms in total. The van der Waals surface area contributed by atoms with Crippen molar-refractivity contribution in [2.24, 2.45) is 0 Å². The summed E-state index contributed by atoms with van der Waals surface area (Å²) in [5.41, 5.74) is 21.4. The van der Waals surface area contributed by atoms with E-state index in [4.69, 9.17) is 0 Å². The maximum absolute atomic E-state index is 2.54. The molecule has 0 N–H and O–H groups in total. The minimum absolute atomic E-state index is 0.249. The van der Waals surface area contributed by atoms with Crippen molar-refractivity contribution in [3.8, 4) is 61.3 Å². The van der Waals surface area contributed by atoms with Gasteiger partial charge in [0.2, 0.25) is 0 Å². The maximum atomic E-state index is 2.54. The van der Waals surface area contributed by atoms with Crippen LogP contribution in [0, 0.1) is 0 Å². The predicted molar refractivity (Wildman–Crippen MR) is 275 cm³/mol. The van der Waals surface area contributed by atoms with Gasteiger partial charge in [0, 0.05) is 33.0 Å². The second-order valence-electron chi connectivity index (χ2n) is 17.6. The number of rotatable bonds is 8. The average molecular weight is 831 g/mol. The Morgan fingerprint density at radius 2 is 0.815 bits per heavy atom. The molecule has 0 aliphatic heterocycles. The fraction of sp³-hybridized carbons (Fsp3) is 0.0476. The Morgan fingerprint density at radius 3 is 1.49 bits per heavy atom. The summed E-state index contributed by atoms with van der Waals surface area (Å²) in [7, 11) is 0. The summed E-state index contributed by atoms with van der Waals surface area (Å²) in [6.07, 6.45) is 0. The number of benzene rings is 10. The number of hydrogen-bond donors (Lipinski definition) is 0. The van der Waals surface area contributed by atoms with Gasteiger partial charge in [0.1, 0.15) is 0 Å². The molecule has 1 aliphatic rings. The SMILES string of the molecule is CC1(C)c2ccccc2-c2cccc(N(c3ccc(-c4ccccc4-n4c5ccccc5c5ccccc54)cc3)c3cccc(-c4ccccc4)c3-c3ccccc3-c3ccccc3)c21. The van der Waals surface area contributed by atoms with Gasteiger partial charge >= 0.3 is 0 Å². The first kappa shape index (κ1) is 38.5. The van der Waals surface area contributed by atoms with Gasteiger partial charge in [-0.15, -0.1) is 0 Å². The van der Waals surface area contributed by atoms with E-state index < -0.39 is 0 Å². The Morgan fingerprint density at radius 1 is 0.338 bits per heavy atom. The lowest BCUT2D eigenvalue weighted by molar-refractivity contribution is 0.661. The fourth-order valence-corrected chi connectivity index (χ4v) is 10.7. The largest absolute Gasteiger partial charge is 0.310 e. The molecular weight excluding hydrogens is 785 g/mol. The molecule has 10 aromatic carbocycles. The summed E-state index contributed by atoms with van der Waals surface area (Å²) in [5, 5.41) is 2.51. The Hall–Kier alpha value is -8.20. The van der Waals surface area contributed by atoms with Crippen LogP contribution in [0.3, 0.4) is 0 Å². The van der Waals surface area contributed by atoms with Gasteiger partial charge in [0.05, 0.1) is 28.1 Å². The third-order valence-electron chi connectivity index (χ3n) is 13.6. The molecular formula is C63H46N2. The van der Waals surface area contributed by atoms with Crippen LogP contribution in [0.4, 0.5) is 17.1 Å². The van der Waals surface area contributed by atoms with Crippen LogP contribution < -0.4 is 4.90 Å². The van der Waals surface area contributed by atoms with E-state index in [1.807, 2.05) is 0 Å². The molecule has 12 rings (SSSR count). The van der Waals surface area contributed by atoms with Crippen molar-refractivity contribution in [1.82, 2.24) is 4.57 Å². The van der Waals surface area contributed by atoms with Gasteiger partial charge in [-0.3, -0.25) is 0 Å². The van der Waals surface area contributed by atoms with Crippen molar-refractivity contribution >= 4 is 38.9 Å². The Balaban J connectivity index is 1.11. The van der Waals surface area contributed by atoms with Gasteiger partial charge < -0.3 is 9.47 Å². The quantitative estimate of drug-likeness (QED) is 0.148. The molecule has 0 amide bonds. The summed E-state index contributed by atoms with van der Waals surface area (Å²) >= 11 is 0. The van der Waals surface area contributed by atoms with Crippen molar-refractivity contribution in [2.75, 3.05) is 4.90 Å². The summed E-state index contributed by atoms with van der Waals surface area (Å²) in [5.74, 6) is 0. The first-order valence-corrected chi connectivity index (χ1v) is 22.6. The second kappa shape index (κ2) is 15.6. The van der Waals surface area contributed by atoms with Crippen LogP contribution in [0.1, 0.15) is 25.0 Å². The third kappa shape index (κ3) is 6.25. The number of nitrogens with zero attached hydrogens (tertiary/aromatic N) is 2. The molecule has 1 aliphatic carbocycles. The molecule has 0 unspecified atom stereocenters. The number of aromatic nitrogens is 1. The monoisotopic (exact) mass is 830 g/mol. The van der Waals surface area contributed by atoms with E-state index in [1.165, 1.54) is 88.7 Å². The maximum Gasteiger partial charge on any atom is 0.0546 e. The molecule has 0 saturated heterocycles. The zero-order valence-electron chi connectivity index (χ0n) is 36.5. The number of hydrogen-bond acceptors (Lipinski definition) is 1. The molecule has 0 bridgehead atoms. The van der Waals surface area contributed by atoms with Crippen LogP contribution >= 0.6 is 0 Å². The Labute approximate surface area is 381 Å². The van der Waals surface area contributed by atoms with Gasteiger partial charge in [0.25, 0.3) is 0 Å². The molecule has 65 heavy (non-hydrogen) atoms. The standard InChI is InChI=1S/C63H46N2/c1-63(2)55-33-15-11-27-50(55)54-32-20-38-60(62(54)63)64(59-37-19-31-49(44-23-7-4-8-24-44)61(59)53-30-10-9-25-47(53)43-21-5-3-6-22-43)46-41-39-45(40-42-46)48-26-12-16-34-56(48)65-57-35-17-13-28-51(57)52-29-14-18-36-58(52)65/h3-42H,1-2H3. The predicted octanol–water partition coefficient (Wildman–Crippen LogP) is 17.2. The Kier molecular flexibility index (Phi) is 9.21. The Bertz CT molecular complexity index is 3510. The second-order valence-corrected chi connectivity index (χ2v) is 17.6. The zero-order chi connectivity index (χ0) is 43.5. The van der Waals surface area contributed by atoms with Crippen LogP contribution in [0.5, 0.6) is 0 Å². The van der Waals surface area contributed by atoms with E-state index in [2.05, 4.69) is 266 Å². The van der Waals surface area contributed by atoms with Crippen LogP contribution in [0.15, 0.2) is 243 Å². The van der Waals surface area contributed by atoms with Gasteiger partial charge in [-0.2, -0.15) is 0 Å². The molecule has 308 valence electrons. The van der Waals surface area contributed by atoms with Crippen molar-refractivity contribution in [3.63, 3.8) is 0 Å². The summed E-state index contributed by atoms with van der Waals surface area (Å²) in [4.78, 5) is 2.54. The fourth-order valence-electron chi connectivity index (χ4n) is 10.7. The number of fused-ring (bicyclic) bond motifs is 6. The number of para-hydroxylation sites is 3. The highest BCUT2D eigenvalue weighted by atomic mass is 15.1. The van der Waals surface area contributed by atoms with Gasteiger partial charge in [-0.05, 0) is 98.1 Å². The van der Waals surface area contributed by atoms with Gasteiger partial charge in [-0.1, -0.05) is 214 Å². The van der Waals surface area contributed by atoms with E-state index in [0.29, 0.717) is 0 Å². The molecule has 0 spiro atoms. The number of anilines is 3. The minimum atomic E-state index is -0.249. The molecule has 0 atom stereocenters. The van der Waals surface area contributed by atoms with Gasteiger partial charge in [-0.25, -0.2) is 0 Å². The zero-order valence-corrected chi connectivity index (χ0v) is 36.5. The van der Waals surface area contributed by atoms with Crippen molar-refractivity contribution < 1.29 is 0 Å². The lowest BCUT2D eigenvalue weighted by Crippen LogP contribution is -2.21. The van der Waals surface area contributed by atoms with Crippen molar-refractivity contribution in [2.45, 2.75) is 19.3 Å². The first-order chi connectivity index (χ1) is 32.1. The lowest BCUT2D eigenvalue weighted by Gasteiger charge is -2.34. The van der Waals surface area contributed by atoms with E-state index in [1.54, 1.807) is 0 Å². The van der Waals surface area contributed by atoms with E-state index >= 15 is 0 Å². The minimum Gasteiger partial charge on any atom is -0.310 e. The van der Waals surface area contributed by atoms with Crippen molar-refractivity contribution in [1.29, 1.82) is 0 Å². The molecule has 0 fully saturated rings. The summed E-state index contributed by atoms with van der Waals surface area (Å²) < 4.78 is 2.43. The highest BCUT2D eigenvalue weighted by Gasteiger charge is 2.39. The molecule has 0 saturated carbocycles. The first-order valence-electron chi connectivity index (χ1n) is 22.6. The highest BCUT2D eigenvalue weighted by Crippen LogP contribution is 2.56. The summed E-state index contributed by atoms with van der Waals surface area (Å²) in [6, 6.07) is 88.9. The summed E-state index contributed by atoms with van der Waals surface area (Å²) in [6.45, 7) is 4.78. The average Bonchev–Trinajstić information content (AvgIpc) is 3.83.